The molecule has 1 aliphatic heterocycles. The largest absolute Gasteiger partial charge is 0.363 e. The van der Waals surface area contributed by atoms with E-state index in [1.165, 1.54) is 10.6 Å². The Kier molecular flexibility index (Phi) is 5.56. The Hall–Kier alpha value is -3.43. The first-order valence-corrected chi connectivity index (χ1v) is 11.5. The average molecular weight is 495 g/mol. The fourth-order valence-corrected chi connectivity index (χ4v) is 4.49. The van der Waals surface area contributed by atoms with Gasteiger partial charge in [-0.2, -0.15) is 5.10 Å². The molecule has 0 N–H and O–H groups in total. The van der Waals surface area contributed by atoms with E-state index >= 15 is 4.39 Å². The van der Waals surface area contributed by atoms with Crippen LogP contribution in [0.5, 0.6) is 0 Å². The second-order valence-corrected chi connectivity index (χ2v) is 9.71. The van der Waals surface area contributed by atoms with Crippen LogP contribution in [0.2, 0.25) is 5.02 Å². The van der Waals surface area contributed by atoms with Gasteiger partial charge < -0.3 is 4.74 Å². The summed E-state index contributed by atoms with van der Waals surface area (Å²) in [6.07, 6.45) is 5.79. The van der Waals surface area contributed by atoms with Crippen molar-refractivity contribution >= 4 is 28.2 Å². The molecule has 3 aromatic heterocycles. The highest BCUT2D eigenvalue weighted by atomic mass is 35.5. The molecule has 8 nitrogen and oxygen atoms in total. The zero-order valence-corrected chi connectivity index (χ0v) is 20.8. The van der Waals surface area contributed by atoms with Gasteiger partial charge in [0.05, 0.1) is 17.9 Å². The van der Waals surface area contributed by atoms with Gasteiger partial charge in [-0.15, -0.1) is 0 Å². The molecule has 4 heterocycles. The lowest BCUT2D eigenvalue weighted by Crippen LogP contribution is -2.29. The minimum absolute atomic E-state index is 0.121. The van der Waals surface area contributed by atoms with Crippen molar-refractivity contribution in [2.45, 2.75) is 38.9 Å². The van der Waals surface area contributed by atoms with Gasteiger partial charge >= 0.3 is 0 Å². The fraction of sp³-hybridized carbons (Fsp3) is 0.320. The minimum atomic E-state index is -0.630. The van der Waals surface area contributed by atoms with E-state index in [1.807, 2.05) is 33.2 Å². The Morgan fingerprint density at radius 3 is 2.63 bits per heavy atom. The number of hydrogen-bond acceptors (Lipinski definition) is 6. The molecule has 0 saturated heterocycles. The molecule has 35 heavy (non-hydrogen) atoms. The van der Waals surface area contributed by atoms with E-state index in [0.717, 1.165) is 11.1 Å². The first kappa shape index (κ1) is 23.3. The van der Waals surface area contributed by atoms with Crippen LogP contribution in [-0.4, -0.2) is 34.9 Å². The number of ether oxygens (including phenoxy) is 1. The molecule has 180 valence electrons. The third-order valence-corrected chi connectivity index (χ3v) is 6.33. The molecule has 0 amide bonds. The highest BCUT2D eigenvalue weighted by Crippen LogP contribution is 2.40. The lowest BCUT2D eigenvalue weighted by atomic mass is 9.93. The van der Waals surface area contributed by atoms with Crippen molar-refractivity contribution in [3.8, 4) is 11.3 Å². The highest BCUT2D eigenvalue weighted by molar-refractivity contribution is 6.30. The van der Waals surface area contributed by atoms with Crippen LogP contribution >= 0.6 is 11.6 Å². The van der Waals surface area contributed by atoms with Crippen LogP contribution in [0.3, 0.4) is 0 Å². The van der Waals surface area contributed by atoms with Gasteiger partial charge in [-0.05, 0) is 50.6 Å². The number of benzene rings is 1. The molecule has 1 aliphatic rings. The maximum absolute atomic E-state index is 15.0. The molecule has 0 saturated carbocycles. The van der Waals surface area contributed by atoms with Gasteiger partial charge in [0.25, 0.3) is 5.56 Å². The number of aromatic nitrogens is 6. The van der Waals surface area contributed by atoms with Crippen molar-refractivity contribution in [2.75, 3.05) is 0 Å². The monoisotopic (exact) mass is 494 g/mol. The summed E-state index contributed by atoms with van der Waals surface area (Å²) < 4.78 is 24.4. The lowest BCUT2D eigenvalue weighted by Gasteiger charge is -2.34. The summed E-state index contributed by atoms with van der Waals surface area (Å²) in [7, 11) is 3.47. The third kappa shape index (κ3) is 4.26. The number of halogens is 2. The Labute approximate surface area is 206 Å². The van der Waals surface area contributed by atoms with Crippen molar-refractivity contribution in [3.63, 3.8) is 0 Å². The summed E-state index contributed by atoms with van der Waals surface area (Å²) in [5.74, 6) is 0.241. The summed E-state index contributed by atoms with van der Waals surface area (Å²) in [4.78, 5) is 27.1. The molecule has 1 aromatic carbocycles. The molecule has 0 aliphatic carbocycles. The Balaban J connectivity index is 1.75. The van der Waals surface area contributed by atoms with Gasteiger partial charge in [-0.3, -0.25) is 14.0 Å². The smallest absolute Gasteiger partial charge is 0.279 e. The minimum Gasteiger partial charge on any atom is -0.363 e. The van der Waals surface area contributed by atoms with Gasteiger partial charge in [0.1, 0.15) is 22.9 Å². The van der Waals surface area contributed by atoms with Crippen LogP contribution in [0, 0.1) is 12.7 Å². The maximum Gasteiger partial charge on any atom is 0.279 e. The summed E-state index contributed by atoms with van der Waals surface area (Å²) >= 11 is 5.98. The van der Waals surface area contributed by atoms with E-state index in [2.05, 4.69) is 15.1 Å². The Morgan fingerprint density at radius 2 is 1.94 bits per heavy atom. The maximum atomic E-state index is 15.0. The number of aryl methyl sites for hydroxylation is 2. The predicted molar refractivity (Wildman–Crippen MR) is 131 cm³/mol. The van der Waals surface area contributed by atoms with E-state index in [-0.39, 0.29) is 39.0 Å². The SMILES string of the molecule is Cc1nc2c(-c3ccc(Cl)cc3F)nc(C3=CC(C)(C)OC(c4cnn(C)c4)C3)nc2c(=O)n1C. The second-order valence-electron chi connectivity index (χ2n) is 9.27. The molecule has 1 unspecified atom stereocenters. The van der Waals surface area contributed by atoms with Gasteiger partial charge in [0.2, 0.25) is 0 Å². The van der Waals surface area contributed by atoms with E-state index in [9.17, 15) is 4.79 Å². The standard InChI is InChI=1S/C25H24ClFN6O2/c1-13-29-21-20(17-7-6-16(26)9-18(17)27)30-23(31-22(21)24(34)33(13)5)14-8-19(35-25(2,3)10-14)15-11-28-32(4)12-15/h6-7,9-12,19H,8H2,1-5H3. The molecule has 0 spiro atoms. The molecule has 0 bridgehead atoms. The molecule has 4 aromatic rings. The number of fused-ring (bicyclic) bond motifs is 1. The fourth-order valence-electron chi connectivity index (χ4n) is 4.33. The molecule has 5 rings (SSSR count). The van der Waals surface area contributed by atoms with E-state index in [1.54, 1.807) is 37.0 Å². The van der Waals surface area contributed by atoms with E-state index in [4.69, 9.17) is 21.3 Å². The van der Waals surface area contributed by atoms with Crippen LogP contribution in [-0.2, 0) is 18.8 Å². The first-order chi connectivity index (χ1) is 16.5. The number of hydrogen-bond donors (Lipinski definition) is 0. The number of rotatable bonds is 3. The Morgan fingerprint density at radius 1 is 1.17 bits per heavy atom. The number of nitrogens with zero attached hydrogens (tertiary/aromatic N) is 6. The second kappa shape index (κ2) is 8.35. The molecular formula is C25H24ClFN6O2. The van der Waals surface area contributed by atoms with Crippen molar-refractivity contribution in [1.29, 1.82) is 0 Å². The van der Waals surface area contributed by atoms with Gasteiger partial charge in [-0.1, -0.05) is 11.6 Å². The molecule has 1 atom stereocenters. The zero-order chi connectivity index (χ0) is 25.1. The topological polar surface area (TPSA) is 87.7 Å². The molecule has 0 fully saturated rings. The molecule has 10 heteroatoms. The first-order valence-electron chi connectivity index (χ1n) is 11.1. The van der Waals surface area contributed by atoms with E-state index < -0.39 is 11.4 Å². The lowest BCUT2D eigenvalue weighted by molar-refractivity contribution is -0.0477. The van der Waals surface area contributed by atoms with Crippen molar-refractivity contribution < 1.29 is 9.13 Å². The third-order valence-electron chi connectivity index (χ3n) is 6.09. The average Bonchev–Trinajstić information content (AvgIpc) is 3.23. The summed E-state index contributed by atoms with van der Waals surface area (Å²) in [5.41, 5.74) is 1.54. The quantitative estimate of drug-likeness (QED) is 0.415. The van der Waals surface area contributed by atoms with Crippen LogP contribution in [0.15, 0.2) is 41.5 Å². The van der Waals surface area contributed by atoms with Crippen LogP contribution in [0.4, 0.5) is 4.39 Å². The van der Waals surface area contributed by atoms with Crippen LogP contribution < -0.4 is 5.56 Å². The molecule has 0 radical (unpaired) electrons. The van der Waals surface area contributed by atoms with Gasteiger partial charge in [-0.25, -0.2) is 19.3 Å². The highest BCUT2D eigenvalue weighted by Gasteiger charge is 2.32. The van der Waals surface area contributed by atoms with Crippen molar-refractivity contribution in [1.82, 2.24) is 29.3 Å². The summed E-state index contributed by atoms with van der Waals surface area (Å²) in [6.45, 7) is 5.60. The van der Waals surface area contributed by atoms with Crippen LogP contribution in [0.25, 0.3) is 27.9 Å². The van der Waals surface area contributed by atoms with Crippen LogP contribution in [0.1, 0.15) is 43.6 Å². The summed E-state index contributed by atoms with van der Waals surface area (Å²) in [6, 6.07) is 4.34. The van der Waals surface area contributed by atoms with Crippen molar-refractivity contribution in [2.24, 2.45) is 14.1 Å². The van der Waals surface area contributed by atoms with Gasteiger partial charge in [0.15, 0.2) is 11.3 Å². The van der Waals surface area contributed by atoms with Crippen molar-refractivity contribution in [3.05, 3.63) is 75.1 Å². The zero-order valence-electron chi connectivity index (χ0n) is 20.0. The van der Waals surface area contributed by atoms with E-state index in [0.29, 0.717) is 18.1 Å². The molecular weight excluding hydrogens is 471 g/mol. The normalized spacial score (nSPS) is 17.6. The summed E-state index contributed by atoms with van der Waals surface area (Å²) in [5, 5.41) is 4.52. The van der Waals surface area contributed by atoms with Gasteiger partial charge in [0, 0.05) is 42.9 Å². The Bertz CT molecular complexity index is 1570. The predicted octanol–water partition coefficient (Wildman–Crippen LogP) is 4.55.